The van der Waals surface area contributed by atoms with Crippen molar-refractivity contribution < 1.29 is 13.2 Å². The zero-order valence-electron chi connectivity index (χ0n) is 11.8. The van der Waals surface area contributed by atoms with Crippen molar-refractivity contribution in [1.82, 2.24) is 0 Å². The van der Waals surface area contributed by atoms with E-state index in [0.717, 1.165) is 5.56 Å². The average molecular weight is 326 g/mol. The van der Waals surface area contributed by atoms with Crippen LogP contribution in [0.25, 0.3) is 0 Å². The van der Waals surface area contributed by atoms with Crippen molar-refractivity contribution in [3.05, 3.63) is 58.1 Å². The summed E-state index contributed by atoms with van der Waals surface area (Å²) in [5.41, 5.74) is 2.07. The Bertz CT molecular complexity index is 749. The Labute approximate surface area is 129 Å². The Morgan fingerprint density at radius 2 is 1.76 bits per heavy atom. The van der Waals surface area contributed by atoms with Crippen molar-refractivity contribution in [2.75, 3.05) is 0 Å². The van der Waals surface area contributed by atoms with Gasteiger partial charge in [-0.2, -0.15) is 0 Å². The van der Waals surface area contributed by atoms with Gasteiger partial charge in [0.15, 0.2) is 0 Å². The SMILES string of the molecule is Cc1cc(OCc2cccc(Cl)c2)cc(C)c1S(N)(=O)=O. The lowest BCUT2D eigenvalue weighted by Crippen LogP contribution is -2.15. The van der Waals surface area contributed by atoms with Gasteiger partial charge in [-0.15, -0.1) is 0 Å². The summed E-state index contributed by atoms with van der Waals surface area (Å²) in [6, 6.07) is 10.7. The first kappa shape index (κ1) is 15.8. The first-order chi connectivity index (χ1) is 9.77. The minimum absolute atomic E-state index is 0.151. The summed E-state index contributed by atoms with van der Waals surface area (Å²) in [5.74, 6) is 0.595. The molecule has 2 rings (SSSR count). The lowest BCUT2D eigenvalue weighted by Gasteiger charge is -2.12. The third-order valence-electron chi connectivity index (χ3n) is 3.01. The molecule has 0 aliphatic carbocycles. The number of hydrogen-bond acceptors (Lipinski definition) is 3. The van der Waals surface area contributed by atoms with E-state index in [1.54, 1.807) is 32.0 Å². The Morgan fingerprint density at radius 3 is 2.29 bits per heavy atom. The van der Waals surface area contributed by atoms with Crippen LogP contribution in [0, 0.1) is 13.8 Å². The number of halogens is 1. The van der Waals surface area contributed by atoms with E-state index in [-0.39, 0.29) is 4.90 Å². The number of nitrogens with two attached hydrogens (primary N) is 1. The van der Waals surface area contributed by atoms with Gasteiger partial charge >= 0.3 is 0 Å². The monoisotopic (exact) mass is 325 g/mol. The van der Waals surface area contributed by atoms with E-state index in [2.05, 4.69) is 0 Å². The third kappa shape index (κ3) is 3.97. The largest absolute Gasteiger partial charge is 0.489 e. The van der Waals surface area contributed by atoms with Gasteiger partial charge in [0.05, 0.1) is 4.90 Å². The summed E-state index contributed by atoms with van der Waals surface area (Å²) < 4.78 is 28.7. The second-order valence-electron chi connectivity index (χ2n) is 4.85. The van der Waals surface area contributed by atoms with Crippen LogP contribution in [-0.4, -0.2) is 8.42 Å². The first-order valence-corrected chi connectivity index (χ1v) is 8.21. The van der Waals surface area contributed by atoms with Crippen molar-refractivity contribution in [3.63, 3.8) is 0 Å². The molecule has 0 aromatic heterocycles. The molecule has 6 heteroatoms. The van der Waals surface area contributed by atoms with Gasteiger partial charge in [-0.25, -0.2) is 13.6 Å². The van der Waals surface area contributed by atoms with Crippen molar-refractivity contribution in [2.24, 2.45) is 5.14 Å². The van der Waals surface area contributed by atoms with Crippen molar-refractivity contribution >= 4 is 21.6 Å². The number of aryl methyl sites for hydroxylation is 2. The number of benzene rings is 2. The lowest BCUT2D eigenvalue weighted by atomic mass is 10.1. The predicted octanol–water partition coefficient (Wildman–Crippen LogP) is 3.18. The molecule has 0 saturated heterocycles. The van der Waals surface area contributed by atoms with Crippen LogP contribution < -0.4 is 9.88 Å². The number of hydrogen-bond donors (Lipinski definition) is 1. The van der Waals surface area contributed by atoms with E-state index in [1.807, 2.05) is 18.2 Å². The molecule has 0 aliphatic heterocycles. The highest BCUT2D eigenvalue weighted by Gasteiger charge is 2.16. The standard InChI is InChI=1S/C15H16ClNO3S/c1-10-6-14(7-11(2)15(10)21(17,18)19)20-9-12-4-3-5-13(16)8-12/h3-8H,9H2,1-2H3,(H2,17,18,19). The van der Waals surface area contributed by atoms with Crippen LogP contribution >= 0.6 is 11.6 Å². The normalized spacial score (nSPS) is 11.4. The van der Waals surface area contributed by atoms with E-state index >= 15 is 0 Å². The van der Waals surface area contributed by atoms with E-state index in [1.165, 1.54) is 0 Å². The highest BCUT2D eigenvalue weighted by Crippen LogP contribution is 2.25. The molecule has 0 saturated carbocycles. The highest BCUT2D eigenvalue weighted by molar-refractivity contribution is 7.89. The Kier molecular flexibility index (Phi) is 4.56. The average Bonchev–Trinajstić information content (AvgIpc) is 2.34. The maximum Gasteiger partial charge on any atom is 0.238 e. The highest BCUT2D eigenvalue weighted by atomic mass is 35.5. The molecule has 0 spiro atoms. The van der Waals surface area contributed by atoms with Gasteiger partial charge < -0.3 is 4.74 Å². The first-order valence-electron chi connectivity index (χ1n) is 6.28. The van der Waals surface area contributed by atoms with Crippen LogP contribution in [0.1, 0.15) is 16.7 Å². The van der Waals surface area contributed by atoms with Crippen LogP contribution in [0.5, 0.6) is 5.75 Å². The van der Waals surface area contributed by atoms with Gasteiger partial charge in [-0.1, -0.05) is 23.7 Å². The van der Waals surface area contributed by atoms with Gasteiger partial charge in [-0.3, -0.25) is 0 Å². The van der Waals surface area contributed by atoms with Crippen molar-refractivity contribution in [1.29, 1.82) is 0 Å². The smallest absolute Gasteiger partial charge is 0.238 e. The Hall–Kier alpha value is -1.56. The quantitative estimate of drug-likeness (QED) is 0.938. The fraction of sp³-hybridized carbons (Fsp3) is 0.200. The molecule has 2 aromatic carbocycles. The molecule has 0 heterocycles. The van der Waals surface area contributed by atoms with Gasteiger partial charge in [0.25, 0.3) is 0 Å². The summed E-state index contributed by atoms with van der Waals surface area (Å²) in [6.07, 6.45) is 0. The van der Waals surface area contributed by atoms with E-state index in [9.17, 15) is 8.42 Å². The maximum atomic E-state index is 11.5. The van der Waals surface area contributed by atoms with E-state index < -0.39 is 10.0 Å². The predicted molar refractivity (Wildman–Crippen MR) is 83.1 cm³/mol. The summed E-state index contributed by atoms with van der Waals surface area (Å²) in [7, 11) is -3.73. The molecule has 0 fully saturated rings. The van der Waals surface area contributed by atoms with E-state index in [4.69, 9.17) is 21.5 Å². The molecule has 2 aromatic rings. The van der Waals surface area contributed by atoms with Gasteiger partial charge in [0, 0.05) is 5.02 Å². The summed E-state index contributed by atoms with van der Waals surface area (Å²) in [4.78, 5) is 0.151. The molecule has 0 radical (unpaired) electrons. The third-order valence-corrected chi connectivity index (χ3v) is 4.46. The zero-order chi connectivity index (χ0) is 15.6. The Balaban J connectivity index is 2.23. The molecular formula is C15H16ClNO3S. The molecule has 0 bridgehead atoms. The van der Waals surface area contributed by atoms with Crippen LogP contribution in [-0.2, 0) is 16.6 Å². The molecule has 0 atom stereocenters. The zero-order valence-corrected chi connectivity index (χ0v) is 13.3. The number of ether oxygens (including phenoxy) is 1. The molecule has 4 nitrogen and oxygen atoms in total. The summed E-state index contributed by atoms with van der Waals surface area (Å²) in [5, 5.41) is 5.85. The second kappa shape index (κ2) is 6.05. The topological polar surface area (TPSA) is 69.4 Å². The fourth-order valence-electron chi connectivity index (χ4n) is 2.24. The Morgan fingerprint density at radius 1 is 1.14 bits per heavy atom. The van der Waals surface area contributed by atoms with Crippen LogP contribution in [0.4, 0.5) is 0 Å². The molecule has 0 unspecified atom stereocenters. The number of rotatable bonds is 4. The van der Waals surface area contributed by atoms with Crippen LogP contribution in [0.2, 0.25) is 5.02 Å². The second-order valence-corrected chi connectivity index (χ2v) is 6.78. The van der Waals surface area contributed by atoms with Crippen LogP contribution in [0.3, 0.4) is 0 Å². The van der Waals surface area contributed by atoms with Crippen molar-refractivity contribution in [2.45, 2.75) is 25.3 Å². The van der Waals surface area contributed by atoms with Gasteiger partial charge in [-0.05, 0) is 54.8 Å². The molecule has 2 N–H and O–H groups in total. The fourth-order valence-corrected chi connectivity index (χ4v) is 3.46. The lowest BCUT2D eigenvalue weighted by molar-refractivity contribution is 0.305. The maximum absolute atomic E-state index is 11.5. The molecular weight excluding hydrogens is 310 g/mol. The molecule has 21 heavy (non-hydrogen) atoms. The number of sulfonamides is 1. The molecule has 0 amide bonds. The molecule has 0 aliphatic rings. The minimum atomic E-state index is -3.73. The summed E-state index contributed by atoms with van der Waals surface area (Å²) in [6.45, 7) is 3.74. The minimum Gasteiger partial charge on any atom is -0.489 e. The van der Waals surface area contributed by atoms with Crippen LogP contribution in [0.15, 0.2) is 41.3 Å². The summed E-state index contributed by atoms with van der Waals surface area (Å²) >= 11 is 5.91. The van der Waals surface area contributed by atoms with Crippen molar-refractivity contribution in [3.8, 4) is 5.75 Å². The van der Waals surface area contributed by atoms with E-state index in [0.29, 0.717) is 28.5 Å². The number of primary sulfonamides is 1. The van der Waals surface area contributed by atoms with Gasteiger partial charge in [0.1, 0.15) is 12.4 Å². The molecule has 112 valence electrons. The van der Waals surface area contributed by atoms with Gasteiger partial charge in [0.2, 0.25) is 10.0 Å².